The lowest BCUT2D eigenvalue weighted by Crippen LogP contribution is -2.57. The van der Waals surface area contributed by atoms with Crippen molar-refractivity contribution >= 4 is 29.4 Å². The fourth-order valence-corrected chi connectivity index (χ4v) is 4.04. The predicted molar refractivity (Wildman–Crippen MR) is 127 cm³/mol. The van der Waals surface area contributed by atoms with Crippen molar-refractivity contribution in [3.05, 3.63) is 34.9 Å². The van der Waals surface area contributed by atoms with Crippen LogP contribution in [0.4, 0.5) is 0 Å². The smallest absolute Gasteiger partial charge is 0.308 e. The predicted octanol–water partition coefficient (Wildman–Crippen LogP) is 5.13. The van der Waals surface area contributed by atoms with Crippen LogP contribution in [-0.4, -0.2) is 48.4 Å². The lowest BCUT2D eigenvalue weighted by atomic mass is 10.1. The third kappa shape index (κ3) is 9.19. The minimum Gasteiger partial charge on any atom is -0.466 e. The molecule has 2 amide bonds. The van der Waals surface area contributed by atoms with E-state index < -0.39 is 12.0 Å². The van der Waals surface area contributed by atoms with Crippen molar-refractivity contribution in [1.82, 2.24) is 10.2 Å². The van der Waals surface area contributed by atoms with Gasteiger partial charge in [-0.25, -0.2) is 0 Å². The summed E-state index contributed by atoms with van der Waals surface area (Å²) in [4.78, 5) is 39.0. The van der Waals surface area contributed by atoms with Crippen molar-refractivity contribution in [1.29, 1.82) is 0 Å². The second kappa shape index (κ2) is 14.9. The zero-order valence-electron chi connectivity index (χ0n) is 19.2. The first-order chi connectivity index (χ1) is 15.5. The van der Waals surface area contributed by atoms with E-state index in [1.807, 2.05) is 0 Å². The highest BCUT2D eigenvalue weighted by molar-refractivity contribution is 6.30. The van der Waals surface area contributed by atoms with Crippen LogP contribution in [0.25, 0.3) is 0 Å². The maximum absolute atomic E-state index is 12.9. The van der Waals surface area contributed by atoms with Gasteiger partial charge in [0.25, 0.3) is 5.91 Å². The van der Waals surface area contributed by atoms with Crippen molar-refractivity contribution in [3.63, 3.8) is 0 Å². The van der Waals surface area contributed by atoms with Gasteiger partial charge in [-0.05, 0) is 30.7 Å². The zero-order valence-corrected chi connectivity index (χ0v) is 20.0. The number of hydrogen-bond acceptors (Lipinski definition) is 4. The van der Waals surface area contributed by atoms with E-state index >= 15 is 0 Å². The van der Waals surface area contributed by atoms with E-state index in [9.17, 15) is 14.4 Å². The molecule has 7 heteroatoms. The molecular weight excluding hydrogens is 428 g/mol. The second-order valence-electron chi connectivity index (χ2n) is 8.42. The molecule has 1 unspecified atom stereocenters. The molecule has 0 aliphatic carbocycles. The first-order valence-electron chi connectivity index (χ1n) is 12.0. The molecule has 0 bridgehead atoms. The molecule has 178 valence electrons. The van der Waals surface area contributed by atoms with Gasteiger partial charge in [-0.3, -0.25) is 14.4 Å². The van der Waals surface area contributed by atoms with Crippen molar-refractivity contribution in [3.8, 4) is 0 Å². The van der Waals surface area contributed by atoms with Gasteiger partial charge in [0.05, 0.1) is 13.0 Å². The van der Waals surface area contributed by atoms with Gasteiger partial charge < -0.3 is 15.0 Å². The number of benzene rings is 1. The van der Waals surface area contributed by atoms with E-state index in [1.165, 1.54) is 49.8 Å². The van der Waals surface area contributed by atoms with Crippen molar-refractivity contribution in [2.24, 2.45) is 0 Å². The highest BCUT2D eigenvalue weighted by atomic mass is 35.5. The van der Waals surface area contributed by atoms with Crippen LogP contribution >= 0.6 is 11.6 Å². The molecule has 1 aromatic carbocycles. The van der Waals surface area contributed by atoms with E-state index in [2.05, 4.69) is 12.2 Å². The summed E-state index contributed by atoms with van der Waals surface area (Å²) in [5, 5.41) is 3.27. The molecule has 32 heavy (non-hydrogen) atoms. The number of carbonyl (C=O) groups is 3. The minimum atomic E-state index is -0.855. The summed E-state index contributed by atoms with van der Waals surface area (Å²) < 4.78 is 5.34. The van der Waals surface area contributed by atoms with Crippen LogP contribution in [0.3, 0.4) is 0 Å². The SMILES string of the molecule is CCCCCCCCCCCCOC(=O)CC1C(=O)NCCN1C(=O)c1ccc(Cl)cc1. The van der Waals surface area contributed by atoms with Crippen LogP contribution in [0.15, 0.2) is 24.3 Å². The minimum absolute atomic E-state index is 0.136. The van der Waals surface area contributed by atoms with Gasteiger partial charge in [0.1, 0.15) is 6.04 Å². The summed E-state index contributed by atoms with van der Waals surface area (Å²) in [6.45, 7) is 3.30. The number of nitrogens with one attached hydrogen (secondary N) is 1. The molecule has 6 nitrogen and oxygen atoms in total. The molecule has 0 spiro atoms. The zero-order chi connectivity index (χ0) is 23.2. The highest BCUT2D eigenvalue weighted by Crippen LogP contribution is 2.17. The third-order valence-electron chi connectivity index (χ3n) is 5.80. The summed E-state index contributed by atoms with van der Waals surface area (Å²) in [6, 6.07) is 5.66. The van der Waals surface area contributed by atoms with Crippen LogP contribution in [-0.2, 0) is 14.3 Å². The van der Waals surface area contributed by atoms with Gasteiger partial charge in [0, 0.05) is 23.7 Å². The largest absolute Gasteiger partial charge is 0.466 e. The van der Waals surface area contributed by atoms with E-state index in [0.29, 0.717) is 30.3 Å². The topological polar surface area (TPSA) is 75.7 Å². The van der Waals surface area contributed by atoms with Crippen molar-refractivity contribution in [2.45, 2.75) is 83.6 Å². The molecule has 1 fully saturated rings. The number of unbranched alkanes of at least 4 members (excludes halogenated alkanes) is 9. The average molecular weight is 465 g/mol. The molecule has 0 saturated carbocycles. The Kier molecular flexibility index (Phi) is 12.2. The number of halogens is 1. The van der Waals surface area contributed by atoms with Crippen LogP contribution in [0, 0.1) is 0 Å². The van der Waals surface area contributed by atoms with Gasteiger partial charge in [-0.2, -0.15) is 0 Å². The van der Waals surface area contributed by atoms with E-state index in [-0.39, 0.29) is 18.2 Å². The molecule has 1 N–H and O–H groups in total. The molecular formula is C25H37ClN2O4. The van der Waals surface area contributed by atoms with Crippen molar-refractivity contribution < 1.29 is 19.1 Å². The Balaban J connectivity index is 1.68. The second-order valence-corrected chi connectivity index (χ2v) is 8.86. The number of ether oxygens (including phenoxy) is 1. The Hall–Kier alpha value is -2.08. The lowest BCUT2D eigenvalue weighted by molar-refractivity contribution is -0.147. The van der Waals surface area contributed by atoms with Gasteiger partial charge in [-0.15, -0.1) is 0 Å². The first-order valence-corrected chi connectivity index (χ1v) is 12.4. The fourth-order valence-electron chi connectivity index (χ4n) is 3.91. The molecule has 1 aliphatic heterocycles. The Morgan fingerprint density at radius 3 is 2.22 bits per heavy atom. The molecule has 1 aromatic rings. The fraction of sp³-hybridized carbons (Fsp3) is 0.640. The quantitative estimate of drug-likeness (QED) is 0.305. The lowest BCUT2D eigenvalue weighted by Gasteiger charge is -2.34. The maximum atomic E-state index is 12.9. The van der Waals surface area contributed by atoms with Crippen LogP contribution < -0.4 is 5.32 Å². The number of nitrogens with zero attached hydrogens (tertiary/aromatic N) is 1. The van der Waals surface area contributed by atoms with Gasteiger partial charge >= 0.3 is 5.97 Å². The number of amides is 2. The summed E-state index contributed by atoms with van der Waals surface area (Å²) >= 11 is 5.89. The van der Waals surface area contributed by atoms with E-state index in [0.717, 1.165) is 19.3 Å². The Morgan fingerprint density at radius 1 is 1.00 bits per heavy atom. The standard InChI is InChI=1S/C25H37ClN2O4/c1-2-3-4-5-6-7-8-9-10-11-18-32-23(29)19-22-24(30)27-16-17-28(22)25(31)20-12-14-21(26)15-13-20/h12-15,22H,2-11,16-19H2,1H3,(H,27,30). The molecule has 1 heterocycles. The summed E-state index contributed by atoms with van der Waals surface area (Å²) in [5.41, 5.74) is 0.438. The van der Waals surface area contributed by atoms with Crippen molar-refractivity contribution in [2.75, 3.05) is 19.7 Å². The number of piperazine rings is 1. The number of esters is 1. The van der Waals surface area contributed by atoms with Crippen LogP contribution in [0.1, 0.15) is 87.9 Å². The first kappa shape index (κ1) is 26.2. The summed E-state index contributed by atoms with van der Waals surface area (Å²) in [7, 11) is 0. The van der Waals surface area contributed by atoms with E-state index in [4.69, 9.17) is 16.3 Å². The summed E-state index contributed by atoms with van der Waals surface area (Å²) in [5.74, 6) is -1.06. The van der Waals surface area contributed by atoms with Gasteiger partial charge in [-0.1, -0.05) is 76.3 Å². The monoisotopic (exact) mass is 464 g/mol. The number of hydrogen-bond donors (Lipinski definition) is 1. The molecule has 0 radical (unpaired) electrons. The average Bonchev–Trinajstić information content (AvgIpc) is 2.79. The molecule has 2 rings (SSSR count). The Morgan fingerprint density at radius 2 is 1.59 bits per heavy atom. The number of rotatable bonds is 14. The highest BCUT2D eigenvalue weighted by Gasteiger charge is 2.35. The van der Waals surface area contributed by atoms with Crippen LogP contribution in [0.2, 0.25) is 5.02 Å². The van der Waals surface area contributed by atoms with Gasteiger partial charge in [0.15, 0.2) is 0 Å². The maximum Gasteiger partial charge on any atom is 0.308 e. The Bertz CT molecular complexity index is 723. The van der Waals surface area contributed by atoms with Gasteiger partial charge in [0.2, 0.25) is 5.91 Å². The third-order valence-corrected chi connectivity index (χ3v) is 6.06. The molecule has 0 aromatic heterocycles. The molecule has 1 aliphatic rings. The summed E-state index contributed by atoms with van der Waals surface area (Å²) in [6.07, 6.45) is 12.0. The molecule has 1 saturated heterocycles. The normalized spacial score (nSPS) is 16.0. The molecule has 1 atom stereocenters. The van der Waals surface area contributed by atoms with Crippen LogP contribution in [0.5, 0.6) is 0 Å². The Labute approximate surface area is 197 Å². The number of carbonyl (C=O) groups excluding carboxylic acids is 3. The van der Waals surface area contributed by atoms with E-state index in [1.54, 1.807) is 24.3 Å².